The molecule has 0 radical (unpaired) electrons. The van der Waals surface area contributed by atoms with Gasteiger partial charge < -0.3 is 4.74 Å². The molecule has 0 aliphatic carbocycles. The predicted octanol–water partition coefficient (Wildman–Crippen LogP) is 3.71. The molecule has 4 rings (SSSR count). The first-order chi connectivity index (χ1) is 16.2. The number of nitro groups is 1. The van der Waals surface area contributed by atoms with Gasteiger partial charge in [-0.3, -0.25) is 24.5 Å². The minimum absolute atomic E-state index is 0.000791. The van der Waals surface area contributed by atoms with Crippen LogP contribution in [0.3, 0.4) is 0 Å². The fourth-order valence-corrected chi connectivity index (χ4v) is 3.96. The van der Waals surface area contributed by atoms with E-state index >= 15 is 0 Å². The van der Waals surface area contributed by atoms with Crippen LogP contribution < -0.4 is 11.2 Å². The van der Waals surface area contributed by atoms with Gasteiger partial charge in [-0.05, 0) is 23.8 Å². The molecule has 34 heavy (non-hydrogen) atoms. The first-order valence-corrected chi connectivity index (χ1v) is 10.5. The van der Waals surface area contributed by atoms with Crippen molar-refractivity contribution in [2.75, 3.05) is 0 Å². The maximum Gasteiger partial charge on any atom is 0.340 e. The molecule has 2 aromatic heterocycles. The number of nitrogens with one attached hydrogen (secondary N) is 1. The van der Waals surface area contributed by atoms with Gasteiger partial charge in [-0.15, -0.1) is 0 Å². The van der Waals surface area contributed by atoms with Gasteiger partial charge in [0, 0.05) is 11.2 Å². The van der Waals surface area contributed by atoms with Crippen molar-refractivity contribution in [3.8, 4) is 0 Å². The van der Waals surface area contributed by atoms with E-state index in [1.54, 1.807) is 0 Å². The summed E-state index contributed by atoms with van der Waals surface area (Å²) < 4.78 is 6.45. The molecule has 172 valence electrons. The third-order valence-electron chi connectivity index (χ3n) is 4.90. The van der Waals surface area contributed by atoms with Crippen molar-refractivity contribution >= 4 is 45.9 Å². The average molecular weight is 501 g/mol. The molecular formula is C22H14Cl2N4O6. The smallest absolute Gasteiger partial charge is 0.340 e. The van der Waals surface area contributed by atoms with Crippen LogP contribution in [0, 0.1) is 10.1 Å². The zero-order valence-electron chi connectivity index (χ0n) is 17.2. The van der Waals surface area contributed by atoms with Crippen molar-refractivity contribution < 1.29 is 14.5 Å². The largest absolute Gasteiger partial charge is 0.457 e. The lowest BCUT2D eigenvalue weighted by molar-refractivity contribution is -0.385. The van der Waals surface area contributed by atoms with Crippen molar-refractivity contribution in [2.45, 2.75) is 13.2 Å². The van der Waals surface area contributed by atoms with Crippen LogP contribution in [0.1, 0.15) is 21.5 Å². The van der Waals surface area contributed by atoms with Gasteiger partial charge >= 0.3 is 11.7 Å². The van der Waals surface area contributed by atoms with Crippen LogP contribution in [0.2, 0.25) is 10.0 Å². The minimum Gasteiger partial charge on any atom is -0.457 e. The van der Waals surface area contributed by atoms with E-state index in [1.807, 2.05) is 30.3 Å². The number of pyridine rings is 1. The number of hydrogen-bond acceptors (Lipinski definition) is 7. The summed E-state index contributed by atoms with van der Waals surface area (Å²) in [5, 5.41) is 11.2. The molecule has 12 heteroatoms. The Labute approximate surface area is 200 Å². The number of carbonyl (C=O) groups is 1. The van der Waals surface area contributed by atoms with Crippen LogP contribution in [-0.4, -0.2) is 25.4 Å². The van der Waals surface area contributed by atoms with Gasteiger partial charge in [0.25, 0.3) is 11.2 Å². The Morgan fingerprint density at radius 1 is 1.15 bits per heavy atom. The number of nitro benzene ring substituents is 1. The summed E-state index contributed by atoms with van der Waals surface area (Å²) in [5.74, 6) is -0.889. The van der Waals surface area contributed by atoms with E-state index in [0.717, 1.165) is 11.8 Å². The lowest BCUT2D eigenvalue weighted by Gasteiger charge is -2.10. The fraction of sp³-hybridized carbons (Fsp3) is 0.0909. The topological polar surface area (TPSA) is 137 Å². The van der Waals surface area contributed by atoms with Gasteiger partial charge in [-0.1, -0.05) is 53.5 Å². The number of halogens is 2. The molecule has 0 bridgehead atoms. The molecule has 2 heterocycles. The molecule has 0 aliphatic heterocycles. The summed E-state index contributed by atoms with van der Waals surface area (Å²) in [7, 11) is 0. The Kier molecular flexibility index (Phi) is 6.44. The van der Waals surface area contributed by atoms with Crippen LogP contribution >= 0.6 is 23.2 Å². The van der Waals surface area contributed by atoms with Crippen molar-refractivity contribution in [1.82, 2.24) is 14.5 Å². The Morgan fingerprint density at radius 3 is 2.59 bits per heavy atom. The van der Waals surface area contributed by atoms with E-state index in [1.165, 1.54) is 22.8 Å². The van der Waals surface area contributed by atoms with Gasteiger partial charge in [-0.2, -0.15) is 0 Å². The lowest BCUT2D eigenvalue weighted by atomic mass is 10.2. The summed E-state index contributed by atoms with van der Waals surface area (Å²) in [6, 6.07) is 12.8. The highest BCUT2D eigenvalue weighted by atomic mass is 35.5. The van der Waals surface area contributed by atoms with Crippen LogP contribution in [0.15, 0.2) is 64.3 Å². The standard InChI is InChI=1S/C22H14Cl2N4O6/c23-15-6-14(18(28(32)33)17(24)8-15)11-34-21(30)13-7-16-19(25-9-13)27(22(31)26-20(16)29)10-12-4-2-1-3-5-12/h1-9H,10-11H2,(H,26,29,31). The molecule has 0 aliphatic rings. The van der Waals surface area contributed by atoms with E-state index in [9.17, 15) is 24.5 Å². The van der Waals surface area contributed by atoms with E-state index in [4.69, 9.17) is 27.9 Å². The van der Waals surface area contributed by atoms with E-state index in [2.05, 4.69) is 9.97 Å². The minimum atomic E-state index is -0.889. The van der Waals surface area contributed by atoms with Crippen LogP contribution in [0.5, 0.6) is 0 Å². The first-order valence-electron chi connectivity index (χ1n) is 9.71. The molecule has 10 nitrogen and oxygen atoms in total. The Bertz CT molecular complexity index is 1550. The molecule has 0 spiro atoms. The zero-order chi connectivity index (χ0) is 24.4. The molecule has 2 aromatic carbocycles. The van der Waals surface area contributed by atoms with E-state index in [-0.39, 0.29) is 38.8 Å². The number of nitrogens with zero attached hydrogens (tertiary/aromatic N) is 3. The number of esters is 1. The maximum atomic E-state index is 12.6. The number of hydrogen-bond donors (Lipinski definition) is 1. The van der Waals surface area contributed by atoms with E-state index in [0.29, 0.717) is 0 Å². The van der Waals surface area contributed by atoms with Crippen molar-refractivity contribution in [1.29, 1.82) is 0 Å². The Hall–Kier alpha value is -4.02. The monoisotopic (exact) mass is 500 g/mol. The second-order valence-electron chi connectivity index (χ2n) is 7.15. The molecule has 1 N–H and O–H groups in total. The van der Waals surface area contributed by atoms with Gasteiger partial charge in [0.15, 0.2) is 0 Å². The molecule has 0 saturated carbocycles. The quantitative estimate of drug-likeness (QED) is 0.242. The third kappa shape index (κ3) is 4.68. The lowest BCUT2D eigenvalue weighted by Crippen LogP contribution is -2.31. The van der Waals surface area contributed by atoms with Gasteiger partial charge in [0.05, 0.1) is 28.0 Å². The highest BCUT2D eigenvalue weighted by molar-refractivity contribution is 6.36. The zero-order valence-corrected chi connectivity index (χ0v) is 18.7. The summed E-state index contributed by atoms with van der Waals surface area (Å²) in [6.07, 6.45) is 1.16. The summed E-state index contributed by atoms with van der Waals surface area (Å²) >= 11 is 11.8. The second kappa shape index (κ2) is 9.46. The molecule has 0 unspecified atom stereocenters. The number of aromatic amines is 1. The molecule has 4 aromatic rings. The highest BCUT2D eigenvalue weighted by Gasteiger charge is 2.22. The molecular weight excluding hydrogens is 487 g/mol. The molecule has 0 amide bonds. The Morgan fingerprint density at radius 2 is 1.88 bits per heavy atom. The van der Waals surface area contributed by atoms with Gasteiger partial charge in [-0.25, -0.2) is 14.6 Å². The summed E-state index contributed by atoms with van der Waals surface area (Å²) in [6.45, 7) is -0.333. The highest BCUT2D eigenvalue weighted by Crippen LogP contribution is 2.32. The fourth-order valence-electron chi connectivity index (χ4n) is 3.35. The number of aromatic nitrogens is 3. The SMILES string of the molecule is O=C(OCc1cc(Cl)cc(Cl)c1[N+](=O)[O-])c1cnc2c(c1)c(=O)[nH]c(=O)n2Cc1ccccc1. The first kappa shape index (κ1) is 23.1. The molecule has 0 fully saturated rings. The number of benzene rings is 2. The van der Waals surface area contributed by atoms with Crippen molar-refractivity contribution in [3.05, 3.63) is 112 Å². The molecule has 0 saturated heterocycles. The van der Waals surface area contributed by atoms with Crippen molar-refractivity contribution in [3.63, 3.8) is 0 Å². The number of fused-ring (bicyclic) bond motifs is 1. The summed E-state index contributed by atoms with van der Waals surface area (Å²) in [5.41, 5.74) is -0.982. The molecule has 0 atom stereocenters. The number of H-pyrrole nitrogens is 1. The summed E-state index contributed by atoms with van der Waals surface area (Å²) in [4.78, 5) is 54.3. The van der Waals surface area contributed by atoms with Crippen LogP contribution in [-0.2, 0) is 17.9 Å². The van der Waals surface area contributed by atoms with Gasteiger partial charge in [0.1, 0.15) is 17.3 Å². The van der Waals surface area contributed by atoms with Crippen LogP contribution in [0.4, 0.5) is 5.69 Å². The number of rotatable bonds is 6. The number of carbonyl (C=O) groups excluding carboxylic acids is 1. The Balaban J connectivity index is 1.65. The maximum absolute atomic E-state index is 12.6. The average Bonchev–Trinajstić information content (AvgIpc) is 2.79. The normalized spacial score (nSPS) is 10.9. The van der Waals surface area contributed by atoms with Crippen LogP contribution in [0.25, 0.3) is 11.0 Å². The van der Waals surface area contributed by atoms with E-state index < -0.39 is 34.4 Å². The third-order valence-corrected chi connectivity index (χ3v) is 5.41. The van der Waals surface area contributed by atoms with Gasteiger partial charge in [0.2, 0.25) is 0 Å². The number of ether oxygens (including phenoxy) is 1. The predicted molar refractivity (Wildman–Crippen MR) is 124 cm³/mol. The second-order valence-corrected chi connectivity index (χ2v) is 8.00. The van der Waals surface area contributed by atoms with Crippen molar-refractivity contribution in [2.24, 2.45) is 0 Å².